The Balaban J connectivity index is 1.76. The molecule has 3 heterocycles. The van der Waals surface area contributed by atoms with Crippen molar-refractivity contribution in [3.05, 3.63) is 41.5 Å². The Hall–Kier alpha value is -2.58. The highest BCUT2D eigenvalue weighted by atomic mass is 32.1. The smallest absolute Gasteiger partial charge is 0.253 e. The minimum Gasteiger partial charge on any atom is -0.368 e. The van der Waals surface area contributed by atoms with E-state index in [1.54, 1.807) is 37.4 Å². The van der Waals surface area contributed by atoms with Gasteiger partial charge < -0.3 is 15.4 Å². The van der Waals surface area contributed by atoms with Gasteiger partial charge >= 0.3 is 0 Å². The molecule has 7 nitrogen and oxygen atoms in total. The van der Waals surface area contributed by atoms with E-state index >= 15 is 0 Å². The normalized spacial score (nSPS) is 22.2. The van der Waals surface area contributed by atoms with Crippen molar-refractivity contribution in [1.82, 2.24) is 15.6 Å². The molecule has 8 heteroatoms. The highest BCUT2D eigenvalue weighted by molar-refractivity contribution is 7.13. The maximum atomic E-state index is 13.0. The van der Waals surface area contributed by atoms with Crippen LogP contribution in [0, 0.1) is 5.92 Å². The number of nitrogens with one attached hydrogen (secondary N) is 2. The number of thiophene rings is 1. The summed E-state index contributed by atoms with van der Waals surface area (Å²) in [6, 6.07) is 4.88. The van der Waals surface area contributed by atoms with Gasteiger partial charge in [0.15, 0.2) is 5.78 Å². The van der Waals surface area contributed by atoms with E-state index in [1.165, 1.54) is 6.20 Å². The zero-order valence-corrected chi connectivity index (χ0v) is 18.4. The first-order valence-electron chi connectivity index (χ1n) is 9.97. The average Bonchev–Trinajstić information content (AvgIpc) is 3.32. The lowest BCUT2D eigenvalue weighted by Gasteiger charge is -2.30. The van der Waals surface area contributed by atoms with E-state index in [1.807, 2.05) is 31.4 Å². The molecule has 0 bridgehead atoms. The fraction of sp³-hybridized carbons (Fsp3) is 0.455. The first-order chi connectivity index (χ1) is 14.2. The summed E-state index contributed by atoms with van der Waals surface area (Å²) in [5, 5.41) is 7.59. The monoisotopic (exact) mass is 429 g/mol. The Bertz CT molecular complexity index is 928. The molecule has 0 radical (unpaired) electrons. The number of Topliss-reactive ketones (excluding diaryl/α,β-unsaturated/α-hetero) is 1. The number of ether oxygens (including phenoxy) is 1. The van der Waals surface area contributed by atoms with Gasteiger partial charge in [0.05, 0.1) is 11.7 Å². The maximum absolute atomic E-state index is 13.0. The lowest BCUT2D eigenvalue weighted by Crippen LogP contribution is -2.60. The molecule has 0 aromatic carbocycles. The van der Waals surface area contributed by atoms with E-state index in [0.29, 0.717) is 12.0 Å². The van der Waals surface area contributed by atoms with Crippen LogP contribution < -0.4 is 10.6 Å². The third-order valence-corrected chi connectivity index (χ3v) is 6.29. The number of carbonyl (C=O) groups is 3. The maximum Gasteiger partial charge on any atom is 0.253 e. The van der Waals surface area contributed by atoms with Crippen LogP contribution in [0.15, 0.2) is 36.0 Å². The SMILES string of the molecule is CC(C)C[C@@H](NC(=O)c1cncc(-c2cccs2)c1)C(=O)N[C@@]1(C)C(=O)CO[C@@H]1C. The quantitative estimate of drug-likeness (QED) is 0.705. The number of hydrogen-bond acceptors (Lipinski definition) is 6. The highest BCUT2D eigenvalue weighted by Gasteiger charge is 2.47. The van der Waals surface area contributed by atoms with Crippen molar-refractivity contribution in [3.63, 3.8) is 0 Å². The van der Waals surface area contributed by atoms with Gasteiger partial charge in [-0.15, -0.1) is 11.3 Å². The number of ketones is 1. The van der Waals surface area contributed by atoms with Crippen molar-refractivity contribution < 1.29 is 19.1 Å². The summed E-state index contributed by atoms with van der Waals surface area (Å²) in [7, 11) is 0. The first kappa shape index (κ1) is 22.1. The van der Waals surface area contributed by atoms with Crippen LogP contribution in [0.5, 0.6) is 0 Å². The number of nitrogens with zero attached hydrogens (tertiary/aromatic N) is 1. The summed E-state index contributed by atoms with van der Waals surface area (Å²) >= 11 is 1.56. The van der Waals surface area contributed by atoms with Gasteiger partial charge in [0.2, 0.25) is 5.91 Å². The molecule has 0 saturated carbocycles. The summed E-state index contributed by atoms with van der Waals surface area (Å²) < 4.78 is 5.38. The van der Waals surface area contributed by atoms with Gasteiger partial charge in [-0.2, -0.15) is 0 Å². The third-order valence-electron chi connectivity index (χ3n) is 5.37. The van der Waals surface area contributed by atoms with Crippen LogP contribution in [0.1, 0.15) is 44.5 Å². The number of hydrogen-bond donors (Lipinski definition) is 2. The van der Waals surface area contributed by atoms with Crippen LogP contribution in [0.3, 0.4) is 0 Å². The minimum atomic E-state index is -1.10. The Kier molecular flexibility index (Phi) is 6.67. The fourth-order valence-corrected chi connectivity index (χ4v) is 4.05. The van der Waals surface area contributed by atoms with Crippen molar-refractivity contribution in [2.24, 2.45) is 5.92 Å². The standard InChI is InChI=1S/C22H27N3O4S/c1-13(2)8-17(21(28)25-22(4)14(3)29-12-19(22)26)24-20(27)16-9-15(10-23-11-16)18-6-5-7-30-18/h5-7,9-11,13-14,17H,8,12H2,1-4H3,(H,24,27)(H,25,28)/t14-,17-,22-/m1/s1. The van der Waals surface area contributed by atoms with Crippen molar-refractivity contribution >= 4 is 28.9 Å². The molecule has 30 heavy (non-hydrogen) atoms. The lowest BCUT2D eigenvalue weighted by molar-refractivity contribution is -0.130. The van der Waals surface area contributed by atoms with Gasteiger partial charge in [-0.3, -0.25) is 19.4 Å². The molecule has 1 saturated heterocycles. The second-order valence-corrected chi connectivity index (χ2v) is 9.11. The average molecular weight is 430 g/mol. The van der Waals surface area contributed by atoms with Gasteiger partial charge in [0, 0.05) is 22.8 Å². The zero-order chi connectivity index (χ0) is 21.9. The Morgan fingerprint density at radius 2 is 2.13 bits per heavy atom. The van der Waals surface area contributed by atoms with Crippen LogP contribution in [0.4, 0.5) is 0 Å². The molecule has 3 rings (SSSR count). The largest absolute Gasteiger partial charge is 0.368 e. The molecule has 2 aromatic rings. The van der Waals surface area contributed by atoms with Gasteiger partial charge in [-0.1, -0.05) is 19.9 Å². The molecular formula is C22H27N3O4S. The summed E-state index contributed by atoms with van der Waals surface area (Å²) in [6.07, 6.45) is 3.19. The second kappa shape index (κ2) is 9.06. The van der Waals surface area contributed by atoms with E-state index in [9.17, 15) is 14.4 Å². The summed E-state index contributed by atoms with van der Waals surface area (Å²) in [5.41, 5.74) is 0.123. The highest BCUT2D eigenvalue weighted by Crippen LogP contribution is 2.25. The molecule has 0 spiro atoms. The fourth-order valence-electron chi connectivity index (χ4n) is 3.34. The van der Waals surface area contributed by atoms with E-state index < -0.39 is 23.6 Å². The van der Waals surface area contributed by atoms with Crippen LogP contribution >= 0.6 is 11.3 Å². The number of pyridine rings is 1. The first-order valence-corrected chi connectivity index (χ1v) is 10.9. The predicted molar refractivity (Wildman–Crippen MR) is 115 cm³/mol. The summed E-state index contributed by atoms with van der Waals surface area (Å²) in [6.45, 7) is 7.33. The Morgan fingerprint density at radius 1 is 1.37 bits per heavy atom. The molecule has 2 aromatic heterocycles. The third kappa shape index (κ3) is 4.76. The van der Waals surface area contributed by atoms with Crippen LogP contribution in [0.2, 0.25) is 0 Å². The molecule has 0 unspecified atom stereocenters. The van der Waals surface area contributed by atoms with Gasteiger partial charge in [-0.25, -0.2) is 0 Å². The van der Waals surface area contributed by atoms with E-state index in [-0.39, 0.29) is 24.2 Å². The van der Waals surface area contributed by atoms with Crippen molar-refractivity contribution in [1.29, 1.82) is 0 Å². The van der Waals surface area contributed by atoms with E-state index in [4.69, 9.17) is 4.74 Å². The van der Waals surface area contributed by atoms with Crippen molar-refractivity contribution in [2.45, 2.75) is 51.8 Å². The molecule has 3 atom stereocenters. The van der Waals surface area contributed by atoms with Gasteiger partial charge in [0.25, 0.3) is 5.91 Å². The molecule has 0 aliphatic carbocycles. The van der Waals surface area contributed by atoms with Crippen molar-refractivity contribution in [3.8, 4) is 10.4 Å². The van der Waals surface area contributed by atoms with Crippen LogP contribution in [-0.2, 0) is 14.3 Å². The summed E-state index contributed by atoms with van der Waals surface area (Å²) in [5.74, 6) is -0.787. The number of rotatable bonds is 7. The molecule has 2 amide bonds. The predicted octanol–water partition coefficient (Wildman–Crippen LogP) is 2.82. The molecule has 1 aliphatic heterocycles. The Labute approximate surface area is 180 Å². The van der Waals surface area contributed by atoms with E-state index in [0.717, 1.165) is 10.4 Å². The topological polar surface area (TPSA) is 97.4 Å². The second-order valence-electron chi connectivity index (χ2n) is 8.16. The zero-order valence-electron chi connectivity index (χ0n) is 17.6. The van der Waals surface area contributed by atoms with Gasteiger partial charge in [0.1, 0.15) is 18.2 Å². The van der Waals surface area contributed by atoms with E-state index in [2.05, 4.69) is 15.6 Å². The van der Waals surface area contributed by atoms with Crippen LogP contribution in [-0.4, -0.2) is 46.9 Å². The molecule has 2 N–H and O–H groups in total. The minimum absolute atomic E-state index is 0.0274. The molecule has 160 valence electrons. The molecular weight excluding hydrogens is 402 g/mol. The number of aromatic nitrogens is 1. The number of carbonyl (C=O) groups excluding carboxylic acids is 3. The molecule has 1 fully saturated rings. The van der Waals surface area contributed by atoms with Crippen LogP contribution in [0.25, 0.3) is 10.4 Å². The molecule has 1 aliphatic rings. The van der Waals surface area contributed by atoms with Gasteiger partial charge in [-0.05, 0) is 43.7 Å². The lowest BCUT2D eigenvalue weighted by atomic mass is 9.92. The number of amides is 2. The Morgan fingerprint density at radius 3 is 2.73 bits per heavy atom. The van der Waals surface area contributed by atoms with Crippen molar-refractivity contribution in [2.75, 3.05) is 6.61 Å². The summed E-state index contributed by atoms with van der Waals surface area (Å²) in [4.78, 5) is 43.3.